The van der Waals surface area contributed by atoms with Gasteiger partial charge in [-0.1, -0.05) is 6.07 Å². The van der Waals surface area contributed by atoms with E-state index in [0.717, 1.165) is 36.2 Å². The molecule has 1 saturated heterocycles. The summed E-state index contributed by atoms with van der Waals surface area (Å²) < 4.78 is 51.2. The molecule has 42 heavy (non-hydrogen) atoms. The lowest BCUT2D eigenvalue weighted by Crippen LogP contribution is -2.52. The van der Waals surface area contributed by atoms with Crippen molar-refractivity contribution in [3.05, 3.63) is 71.6 Å². The summed E-state index contributed by atoms with van der Waals surface area (Å²) in [5.41, 5.74) is 0.540. The fourth-order valence-electron chi connectivity index (χ4n) is 4.87. The zero-order chi connectivity index (χ0) is 30.1. The van der Waals surface area contributed by atoms with Crippen LogP contribution >= 0.6 is 0 Å². The Bertz CT molecular complexity index is 1340. The van der Waals surface area contributed by atoms with Crippen LogP contribution in [0.15, 0.2) is 48.8 Å². The molecule has 1 N–H and O–H groups in total. The minimum Gasteiger partial charge on any atom is -0.493 e. The molecule has 2 aromatic carbocycles. The summed E-state index contributed by atoms with van der Waals surface area (Å²) in [5.74, 6) is -1.01. The van der Waals surface area contributed by atoms with Gasteiger partial charge >= 0.3 is 0 Å². The van der Waals surface area contributed by atoms with Crippen molar-refractivity contribution in [2.75, 3.05) is 60.2 Å². The van der Waals surface area contributed by atoms with Crippen molar-refractivity contribution < 1.29 is 37.6 Å². The molecule has 2 heterocycles. The molecule has 0 spiro atoms. The maximum Gasteiger partial charge on any atom is 0.248 e. The number of benzene rings is 2. The van der Waals surface area contributed by atoms with E-state index in [4.69, 9.17) is 18.9 Å². The lowest BCUT2D eigenvalue weighted by atomic mass is 10.0. The van der Waals surface area contributed by atoms with Crippen LogP contribution in [-0.2, 0) is 22.6 Å². The fourth-order valence-corrected chi connectivity index (χ4v) is 4.87. The Balaban J connectivity index is 1.41. The van der Waals surface area contributed by atoms with Gasteiger partial charge in [-0.2, -0.15) is 5.10 Å². The van der Waals surface area contributed by atoms with Crippen LogP contribution in [-0.4, -0.2) is 96.4 Å². The lowest BCUT2D eigenvalue weighted by molar-refractivity contribution is -0.138. The van der Waals surface area contributed by atoms with Crippen molar-refractivity contribution in [3.63, 3.8) is 0 Å². The molecule has 1 amide bonds. The number of amides is 1. The third-order valence-corrected chi connectivity index (χ3v) is 6.89. The summed E-state index contributed by atoms with van der Waals surface area (Å²) in [6.07, 6.45) is 4.59. The monoisotopic (exact) mass is 588 g/mol. The topological polar surface area (TPSA) is 98.5 Å². The highest BCUT2D eigenvalue weighted by molar-refractivity contribution is 5.77. The minimum atomic E-state index is -1.50. The van der Waals surface area contributed by atoms with Crippen LogP contribution < -0.4 is 14.2 Å². The van der Waals surface area contributed by atoms with Crippen molar-refractivity contribution >= 4 is 5.91 Å². The predicted molar refractivity (Wildman–Crippen MR) is 151 cm³/mol. The molecule has 0 radical (unpaired) electrons. The van der Waals surface area contributed by atoms with Crippen molar-refractivity contribution in [3.8, 4) is 17.2 Å². The van der Waals surface area contributed by atoms with Gasteiger partial charge in [0, 0.05) is 58.5 Å². The molecule has 0 bridgehead atoms. The maximum absolute atomic E-state index is 13.7. The van der Waals surface area contributed by atoms with Gasteiger partial charge in [-0.05, 0) is 42.3 Å². The zero-order valence-corrected chi connectivity index (χ0v) is 24.2. The number of aliphatic hydroxyl groups is 1. The first kappa shape index (κ1) is 31.2. The van der Waals surface area contributed by atoms with Gasteiger partial charge in [-0.15, -0.1) is 0 Å². The number of hydrogen-bond donors (Lipinski definition) is 1. The molecule has 0 saturated carbocycles. The Morgan fingerprint density at radius 3 is 2.60 bits per heavy atom. The smallest absolute Gasteiger partial charge is 0.248 e. The fraction of sp³-hybridized carbons (Fsp3) is 0.467. The molecule has 10 nitrogen and oxygen atoms in total. The maximum atomic E-state index is 13.7. The van der Waals surface area contributed by atoms with Gasteiger partial charge in [0.25, 0.3) is 0 Å². The third-order valence-electron chi connectivity index (χ3n) is 6.89. The van der Waals surface area contributed by atoms with Crippen LogP contribution in [0.25, 0.3) is 0 Å². The van der Waals surface area contributed by atoms with Crippen molar-refractivity contribution in [2.24, 2.45) is 0 Å². The molecule has 228 valence electrons. The van der Waals surface area contributed by atoms with Crippen LogP contribution in [0.1, 0.15) is 17.5 Å². The minimum absolute atomic E-state index is 0.0103. The Hall–Kier alpha value is -3.74. The number of nitrogens with zero attached hydrogens (tertiary/aromatic N) is 4. The quantitative estimate of drug-likeness (QED) is 0.305. The number of halogens is 2. The first-order valence-electron chi connectivity index (χ1n) is 13.8. The number of ether oxygens (including phenoxy) is 4. The SMILES string of the molecule is COCC(=O)N1CCN(Cc2ccc(OCCCn3cc(C)cn3)c(OC)c2)C[C@](O)(COc2ccc(F)c(F)c2)C1. The highest BCUT2D eigenvalue weighted by Crippen LogP contribution is 2.29. The van der Waals surface area contributed by atoms with Gasteiger partial charge < -0.3 is 29.0 Å². The highest BCUT2D eigenvalue weighted by Gasteiger charge is 2.37. The number of methoxy groups -OCH3 is 2. The number of carbonyl (C=O) groups is 1. The zero-order valence-electron chi connectivity index (χ0n) is 24.2. The van der Waals surface area contributed by atoms with Crippen LogP contribution in [0.5, 0.6) is 17.2 Å². The van der Waals surface area contributed by atoms with E-state index in [2.05, 4.69) is 5.10 Å². The highest BCUT2D eigenvalue weighted by atomic mass is 19.2. The van der Waals surface area contributed by atoms with Crippen molar-refractivity contribution in [1.82, 2.24) is 19.6 Å². The molecule has 3 aromatic rings. The van der Waals surface area contributed by atoms with Crippen LogP contribution in [0.2, 0.25) is 0 Å². The Morgan fingerprint density at radius 1 is 1.05 bits per heavy atom. The molecular formula is C30H38F2N4O6. The second-order valence-corrected chi connectivity index (χ2v) is 10.5. The Morgan fingerprint density at radius 2 is 1.88 bits per heavy atom. The van der Waals surface area contributed by atoms with E-state index in [9.17, 15) is 18.7 Å². The molecule has 0 unspecified atom stereocenters. The molecule has 1 aromatic heterocycles. The second-order valence-electron chi connectivity index (χ2n) is 10.5. The molecular weight excluding hydrogens is 550 g/mol. The standard InChI is InChI=1S/C30H38F2N4O6/c1-22-15-33-36(16-22)9-4-12-41-27-8-5-23(13-28(27)40-3)17-34-10-11-35(29(37)18-39-2)20-30(38,19-34)21-42-24-6-7-25(31)26(32)14-24/h5-8,13-16,38H,4,9-12,17-21H2,1-3H3/t30-/m1/s1. The summed E-state index contributed by atoms with van der Waals surface area (Å²) in [5, 5.41) is 15.9. The van der Waals surface area contributed by atoms with E-state index >= 15 is 0 Å². The van der Waals surface area contributed by atoms with Crippen LogP contribution in [0.3, 0.4) is 0 Å². The molecule has 0 aliphatic carbocycles. The molecule has 12 heteroatoms. The Labute approximate surface area is 244 Å². The lowest BCUT2D eigenvalue weighted by Gasteiger charge is -2.33. The van der Waals surface area contributed by atoms with Gasteiger partial charge in [-0.3, -0.25) is 14.4 Å². The summed E-state index contributed by atoms with van der Waals surface area (Å²) in [6.45, 7) is 4.34. The van der Waals surface area contributed by atoms with E-state index in [1.165, 1.54) is 18.1 Å². The number of carbonyl (C=O) groups excluding carboxylic acids is 1. The number of hydrogen-bond acceptors (Lipinski definition) is 8. The van der Waals surface area contributed by atoms with Gasteiger partial charge in [0.2, 0.25) is 5.91 Å². The molecule has 1 aliphatic rings. The largest absolute Gasteiger partial charge is 0.493 e. The summed E-state index contributed by atoms with van der Waals surface area (Å²) in [6, 6.07) is 8.86. The first-order valence-corrected chi connectivity index (χ1v) is 13.8. The van der Waals surface area contributed by atoms with Gasteiger partial charge in [0.05, 0.1) is 26.5 Å². The van der Waals surface area contributed by atoms with Crippen molar-refractivity contribution in [2.45, 2.75) is 32.0 Å². The summed E-state index contributed by atoms with van der Waals surface area (Å²) in [7, 11) is 3.01. The van der Waals surface area contributed by atoms with Crippen LogP contribution in [0.4, 0.5) is 8.78 Å². The van der Waals surface area contributed by atoms with Gasteiger partial charge in [0.1, 0.15) is 24.6 Å². The Kier molecular flexibility index (Phi) is 10.7. The molecule has 1 atom stereocenters. The molecule has 1 fully saturated rings. The van der Waals surface area contributed by atoms with Crippen molar-refractivity contribution in [1.29, 1.82) is 0 Å². The van der Waals surface area contributed by atoms with Gasteiger partial charge in [-0.25, -0.2) is 8.78 Å². The van der Waals surface area contributed by atoms with E-state index in [-0.39, 0.29) is 38.0 Å². The molecule has 1 aliphatic heterocycles. The van der Waals surface area contributed by atoms with E-state index in [1.54, 1.807) is 7.11 Å². The van der Waals surface area contributed by atoms with Gasteiger partial charge in [0.15, 0.2) is 23.1 Å². The average molecular weight is 589 g/mol. The first-order chi connectivity index (χ1) is 20.2. The number of rotatable bonds is 13. The number of aryl methyl sites for hydroxylation is 2. The third kappa shape index (κ3) is 8.63. The summed E-state index contributed by atoms with van der Waals surface area (Å²) in [4.78, 5) is 16.2. The number of aromatic nitrogens is 2. The number of β-amino-alcohol motifs (C(OH)–C–C–N with tert-alkyl or cyclic N) is 1. The average Bonchev–Trinajstić information content (AvgIpc) is 3.31. The summed E-state index contributed by atoms with van der Waals surface area (Å²) >= 11 is 0. The normalized spacial score (nSPS) is 17.6. The van der Waals surface area contributed by atoms with E-state index < -0.39 is 17.2 Å². The van der Waals surface area contributed by atoms with E-state index in [0.29, 0.717) is 37.7 Å². The van der Waals surface area contributed by atoms with E-state index in [1.807, 2.05) is 47.1 Å². The second kappa shape index (κ2) is 14.4. The predicted octanol–water partition coefficient (Wildman–Crippen LogP) is 3.05. The van der Waals surface area contributed by atoms with Crippen LogP contribution in [0, 0.1) is 18.6 Å². The molecule has 4 rings (SSSR count).